The molecule has 3 aromatic rings. The van der Waals surface area contributed by atoms with Gasteiger partial charge in [0, 0.05) is 62.9 Å². The normalized spacial score (nSPS) is 18.2. The molecule has 6 rings (SSSR count). The van der Waals surface area contributed by atoms with E-state index in [1.807, 2.05) is 4.90 Å². The number of anilines is 1. The number of rotatable bonds is 23. The van der Waals surface area contributed by atoms with E-state index in [0.717, 1.165) is 84.0 Å². The van der Waals surface area contributed by atoms with Crippen LogP contribution in [-0.4, -0.2) is 112 Å². The Bertz CT molecular complexity index is 1930. The van der Waals surface area contributed by atoms with Gasteiger partial charge < -0.3 is 19.3 Å². The molecule has 3 saturated heterocycles. The van der Waals surface area contributed by atoms with Crippen LogP contribution in [0.15, 0.2) is 52.4 Å². The van der Waals surface area contributed by atoms with Crippen molar-refractivity contribution in [1.82, 2.24) is 19.7 Å². The number of sulfone groups is 1. The number of halogens is 4. The lowest BCUT2D eigenvalue weighted by molar-refractivity contribution is -0.274. The van der Waals surface area contributed by atoms with E-state index in [9.17, 15) is 21.6 Å². The van der Waals surface area contributed by atoms with Crippen LogP contribution in [0.2, 0.25) is 0 Å². The first-order chi connectivity index (χ1) is 30.0. The van der Waals surface area contributed by atoms with E-state index in [2.05, 4.69) is 38.3 Å². The number of benzene rings is 2. The number of nitrogens with zero attached hydrogens (tertiary/aromatic N) is 5. The molecule has 3 aliphatic heterocycles. The van der Waals surface area contributed by atoms with Crippen molar-refractivity contribution in [3.63, 3.8) is 0 Å². The molecule has 0 amide bonds. The maximum Gasteiger partial charge on any atom is 0.573 e. The molecule has 9 nitrogen and oxygen atoms in total. The highest BCUT2D eigenvalue weighted by atomic mass is 32.2. The zero-order valence-corrected chi connectivity index (χ0v) is 38.1. The molecule has 0 spiro atoms. The summed E-state index contributed by atoms with van der Waals surface area (Å²) < 4.78 is 94.5. The first kappa shape index (κ1) is 48.3. The standard InChI is InChI=1S/C48H71F4N5O4S/c1-3-5-6-7-8-9-10-11-12-13-14-15-16-17-34-60-45-21-19-41(36-43(45)49)62(58,59)46-37-53-44-20-18-40(61-48(50,51)52)35-42(44)47(46)57-28-24-39(25-29-57)56-32-30-55(31-33-56)38-22-26-54(4-2)27-23-38/h18-21,35-39H,3-17,22-34H2,1-2H3. The fourth-order valence-electron chi connectivity index (χ4n) is 9.75. The van der Waals surface area contributed by atoms with Gasteiger partial charge >= 0.3 is 6.36 Å². The van der Waals surface area contributed by atoms with Gasteiger partial charge in [-0.2, -0.15) is 0 Å². The number of unbranched alkanes of at least 4 members (excludes halogenated alkanes) is 13. The summed E-state index contributed by atoms with van der Waals surface area (Å²) in [5.74, 6) is -1.28. The number of pyridine rings is 1. The number of likely N-dealkylation sites (tertiary alicyclic amines) is 1. The van der Waals surface area contributed by atoms with Gasteiger partial charge in [-0.15, -0.1) is 13.2 Å². The van der Waals surface area contributed by atoms with Crippen molar-refractivity contribution in [3.05, 3.63) is 48.4 Å². The monoisotopic (exact) mass is 890 g/mol. The molecule has 3 fully saturated rings. The lowest BCUT2D eigenvalue weighted by Gasteiger charge is -2.46. The number of aromatic nitrogens is 1. The molecule has 1 aromatic heterocycles. The van der Waals surface area contributed by atoms with Crippen molar-refractivity contribution >= 4 is 26.4 Å². The Kier molecular flexibility index (Phi) is 18.4. The predicted octanol–water partition coefficient (Wildman–Crippen LogP) is 11.0. The summed E-state index contributed by atoms with van der Waals surface area (Å²) in [6.07, 6.45) is 17.4. The number of hydrogen-bond acceptors (Lipinski definition) is 9. The highest BCUT2D eigenvalue weighted by Crippen LogP contribution is 2.40. The van der Waals surface area contributed by atoms with Gasteiger partial charge in [0.2, 0.25) is 9.84 Å². The zero-order chi connectivity index (χ0) is 44.0. The van der Waals surface area contributed by atoms with Gasteiger partial charge in [0.15, 0.2) is 11.6 Å². The van der Waals surface area contributed by atoms with E-state index in [1.54, 1.807) is 0 Å². The summed E-state index contributed by atoms with van der Waals surface area (Å²) in [7, 11) is -4.39. The van der Waals surface area contributed by atoms with Crippen LogP contribution in [0.5, 0.6) is 11.5 Å². The molecule has 346 valence electrons. The molecule has 4 heterocycles. The van der Waals surface area contributed by atoms with E-state index < -0.39 is 27.8 Å². The molecule has 0 unspecified atom stereocenters. The van der Waals surface area contributed by atoms with Gasteiger partial charge in [-0.1, -0.05) is 97.3 Å². The maximum atomic E-state index is 15.5. The summed E-state index contributed by atoms with van der Waals surface area (Å²) in [6, 6.07) is 8.35. The molecule has 0 bridgehead atoms. The maximum absolute atomic E-state index is 15.5. The van der Waals surface area contributed by atoms with Crippen molar-refractivity contribution in [3.8, 4) is 11.5 Å². The Morgan fingerprint density at radius 3 is 1.77 bits per heavy atom. The third kappa shape index (κ3) is 13.7. The largest absolute Gasteiger partial charge is 0.573 e. The summed E-state index contributed by atoms with van der Waals surface area (Å²) in [4.78, 5) is 13.5. The minimum absolute atomic E-state index is 0.0192. The number of ether oxygens (including phenoxy) is 2. The number of fused-ring (bicyclic) bond motifs is 1. The van der Waals surface area contributed by atoms with Gasteiger partial charge in [-0.3, -0.25) is 14.8 Å². The number of alkyl halides is 3. The fourth-order valence-corrected chi connectivity index (χ4v) is 11.2. The van der Waals surface area contributed by atoms with Gasteiger partial charge in [-0.25, -0.2) is 12.8 Å². The molecular weight excluding hydrogens is 819 g/mol. The van der Waals surface area contributed by atoms with Crippen LogP contribution < -0.4 is 14.4 Å². The van der Waals surface area contributed by atoms with E-state index in [-0.39, 0.29) is 26.6 Å². The lowest BCUT2D eigenvalue weighted by Crippen LogP contribution is -2.56. The van der Waals surface area contributed by atoms with Crippen molar-refractivity contribution < 1.29 is 35.5 Å². The SMILES string of the molecule is CCCCCCCCCCCCCCCCOc1ccc(S(=O)(=O)c2cnc3ccc(OC(F)(F)F)cc3c2N2CCC(N3CCN(C4CCN(CC)CC4)CC3)CC2)cc1F. The van der Waals surface area contributed by atoms with E-state index >= 15 is 4.39 Å². The second kappa shape index (κ2) is 23.6. The molecule has 2 aromatic carbocycles. The fraction of sp³-hybridized carbons (Fsp3) is 0.688. The Labute approximate surface area is 368 Å². The Morgan fingerprint density at radius 2 is 1.24 bits per heavy atom. The van der Waals surface area contributed by atoms with E-state index in [1.165, 1.54) is 120 Å². The van der Waals surface area contributed by atoms with Crippen molar-refractivity contribution in [2.75, 3.05) is 70.4 Å². The van der Waals surface area contributed by atoms with Crippen molar-refractivity contribution in [2.45, 2.75) is 158 Å². The molecule has 0 saturated carbocycles. The quantitative estimate of drug-likeness (QED) is 0.0683. The topological polar surface area (TPSA) is 78.4 Å². The van der Waals surface area contributed by atoms with Gasteiger partial charge in [0.05, 0.1) is 22.7 Å². The molecular formula is C48H71F4N5O4S. The van der Waals surface area contributed by atoms with Crippen LogP contribution in [0.1, 0.15) is 129 Å². The minimum Gasteiger partial charge on any atom is -0.491 e. The second-order valence-corrected chi connectivity index (χ2v) is 19.6. The summed E-state index contributed by atoms with van der Waals surface area (Å²) in [6.45, 7) is 13.2. The average molecular weight is 890 g/mol. The predicted molar refractivity (Wildman–Crippen MR) is 240 cm³/mol. The molecule has 0 aliphatic carbocycles. The Morgan fingerprint density at radius 1 is 0.694 bits per heavy atom. The first-order valence-electron chi connectivity index (χ1n) is 23.8. The van der Waals surface area contributed by atoms with Crippen LogP contribution in [0, 0.1) is 5.82 Å². The van der Waals surface area contributed by atoms with Crippen molar-refractivity contribution in [1.29, 1.82) is 0 Å². The highest BCUT2D eigenvalue weighted by Gasteiger charge is 2.35. The molecule has 62 heavy (non-hydrogen) atoms. The third-order valence-corrected chi connectivity index (χ3v) is 15.2. The molecule has 0 radical (unpaired) electrons. The van der Waals surface area contributed by atoms with Crippen LogP contribution >= 0.6 is 0 Å². The summed E-state index contributed by atoms with van der Waals surface area (Å²) >= 11 is 0. The zero-order valence-electron chi connectivity index (χ0n) is 37.3. The molecule has 0 N–H and O–H groups in total. The van der Waals surface area contributed by atoms with Gasteiger partial charge in [0.1, 0.15) is 10.6 Å². The highest BCUT2D eigenvalue weighted by molar-refractivity contribution is 7.91. The third-order valence-electron chi connectivity index (χ3n) is 13.4. The Balaban J connectivity index is 1.06. The molecule has 3 aliphatic rings. The summed E-state index contributed by atoms with van der Waals surface area (Å²) in [5.41, 5.74) is 0.581. The van der Waals surface area contributed by atoms with Gasteiger partial charge in [-0.05, 0) is 88.1 Å². The summed E-state index contributed by atoms with van der Waals surface area (Å²) in [5, 5.41) is 0.225. The second-order valence-electron chi connectivity index (χ2n) is 17.7. The van der Waals surface area contributed by atoms with Crippen LogP contribution in [-0.2, 0) is 9.84 Å². The molecule has 0 atom stereocenters. The smallest absolute Gasteiger partial charge is 0.491 e. The average Bonchev–Trinajstić information content (AvgIpc) is 3.27. The van der Waals surface area contributed by atoms with Gasteiger partial charge in [0.25, 0.3) is 0 Å². The van der Waals surface area contributed by atoms with Crippen molar-refractivity contribution in [2.24, 2.45) is 0 Å². The molecule has 14 heteroatoms. The van der Waals surface area contributed by atoms with E-state index in [0.29, 0.717) is 37.3 Å². The first-order valence-corrected chi connectivity index (χ1v) is 25.3. The van der Waals surface area contributed by atoms with E-state index in [4.69, 9.17) is 4.74 Å². The lowest BCUT2D eigenvalue weighted by atomic mass is 9.99. The minimum atomic E-state index is -4.94. The number of hydrogen-bond donors (Lipinski definition) is 0. The van der Waals surface area contributed by atoms with Crippen LogP contribution in [0.3, 0.4) is 0 Å². The Hall–Kier alpha value is -3.20. The van der Waals surface area contributed by atoms with Crippen LogP contribution in [0.25, 0.3) is 10.9 Å². The van der Waals surface area contributed by atoms with Crippen LogP contribution in [0.4, 0.5) is 23.2 Å². The number of piperazine rings is 1. The number of piperidine rings is 2.